The van der Waals surface area contributed by atoms with Crippen LogP contribution in [0.5, 0.6) is 0 Å². The molecule has 0 atom stereocenters. The van der Waals surface area contributed by atoms with Crippen LogP contribution in [-0.2, 0) is 5.41 Å². The SMILES string of the molecule is CC(C)(C)c1nc(N)cc2c(F)cccc12. The van der Waals surface area contributed by atoms with Crippen LogP contribution in [0.3, 0.4) is 0 Å². The highest BCUT2D eigenvalue weighted by Crippen LogP contribution is 2.30. The Morgan fingerprint density at radius 2 is 1.88 bits per heavy atom. The highest BCUT2D eigenvalue weighted by molar-refractivity contribution is 5.87. The summed E-state index contributed by atoms with van der Waals surface area (Å²) >= 11 is 0. The summed E-state index contributed by atoms with van der Waals surface area (Å²) in [6, 6.07) is 6.60. The summed E-state index contributed by atoms with van der Waals surface area (Å²) in [7, 11) is 0. The van der Waals surface area contributed by atoms with Crippen molar-refractivity contribution in [2.24, 2.45) is 0 Å². The van der Waals surface area contributed by atoms with Crippen LogP contribution < -0.4 is 5.73 Å². The van der Waals surface area contributed by atoms with Crippen molar-refractivity contribution >= 4 is 16.6 Å². The number of nitrogen functional groups attached to an aromatic ring is 1. The van der Waals surface area contributed by atoms with E-state index in [9.17, 15) is 4.39 Å². The van der Waals surface area contributed by atoms with E-state index < -0.39 is 0 Å². The van der Waals surface area contributed by atoms with Gasteiger partial charge >= 0.3 is 0 Å². The molecule has 16 heavy (non-hydrogen) atoms. The van der Waals surface area contributed by atoms with Crippen molar-refractivity contribution in [3.05, 3.63) is 35.8 Å². The van der Waals surface area contributed by atoms with E-state index in [0.29, 0.717) is 11.2 Å². The van der Waals surface area contributed by atoms with Crippen molar-refractivity contribution in [1.29, 1.82) is 0 Å². The molecule has 2 nitrogen and oxygen atoms in total. The second-order valence-electron chi connectivity index (χ2n) is 4.98. The van der Waals surface area contributed by atoms with Crippen molar-refractivity contribution in [3.63, 3.8) is 0 Å². The highest BCUT2D eigenvalue weighted by atomic mass is 19.1. The number of anilines is 1. The summed E-state index contributed by atoms with van der Waals surface area (Å²) in [5, 5.41) is 1.38. The summed E-state index contributed by atoms with van der Waals surface area (Å²) in [6.45, 7) is 6.12. The van der Waals surface area contributed by atoms with Crippen LogP contribution in [0.4, 0.5) is 10.2 Å². The van der Waals surface area contributed by atoms with E-state index in [4.69, 9.17) is 5.73 Å². The Bertz CT molecular complexity index is 541. The maximum Gasteiger partial charge on any atom is 0.131 e. The molecule has 2 rings (SSSR count). The molecule has 3 heteroatoms. The van der Waals surface area contributed by atoms with Crippen molar-refractivity contribution in [1.82, 2.24) is 4.98 Å². The Balaban J connectivity index is 2.89. The maximum atomic E-state index is 13.7. The third-order valence-corrected chi connectivity index (χ3v) is 2.55. The molecule has 0 aliphatic heterocycles. The number of hydrogen-bond acceptors (Lipinski definition) is 2. The van der Waals surface area contributed by atoms with E-state index in [1.54, 1.807) is 12.1 Å². The smallest absolute Gasteiger partial charge is 0.131 e. The van der Waals surface area contributed by atoms with E-state index in [2.05, 4.69) is 4.98 Å². The molecule has 0 aliphatic carbocycles. The zero-order valence-electron chi connectivity index (χ0n) is 9.71. The van der Waals surface area contributed by atoms with Crippen LogP contribution in [0.15, 0.2) is 24.3 Å². The molecule has 1 aromatic carbocycles. The minimum absolute atomic E-state index is 0.151. The summed E-state index contributed by atoms with van der Waals surface area (Å²) in [5.41, 5.74) is 6.40. The molecule has 2 N–H and O–H groups in total. The van der Waals surface area contributed by atoms with Gasteiger partial charge in [0.25, 0.3) is 0 Å². The van der Waals surface area contributed by atoms with Gasteiger partial charge in [0.2, 0.25) is 0 Å². The highest BCUT2D eigenvalue weighted by Gasteiger charge is 2.20. The molecule has 0 spiro atoms. The number of pyridine rings is 1. The lowest BCUT2D eigenvalue weighted by Crippen LogP contribution is -2.15. The minimum atomic E-state index is -0.253. The van der Waals surface area contributed by atoms with Crippen molar-refractivity contribution in [2.75, 3.05) is 5.73 Å². The molecule has 0 fully saturated rings. The monoisotopic (exact) mass is 218 g/mol. The first kappa shape index (κ1) is 10.9. The van der Waals surface area contributed by atoms with Crippen LogP contribution in [0.2, 0.25) is 0 Å². The molecule has 0 bridgehead atoms. The van der Waals surface area contributed by atoms with Gasteiger partial charge in [0, 0.05) is 16.2 Å². The van der Waals surface area contributed by atoms with Gasteiger partial charge in [-0.05, 0) is 12.1 Å². The number of fused-ring (bicyclic) bond motifs is 1. The number of nitrogens with zero attached hydrogens (tertiary/aromatic N) is 1. The molecule has 0 amide bonds. The Hall–Kier alpha value is -1.64. The largest absolute Gasteiger partial charge is 0.384 e. The zero-order valence-corrected chi connectivity index (χ0v) is 9.71. The lowest BCUT2D eigenvalue weighted by Gasteiger charge is -2.20. The fraction of sp³-hybridized carbons (Fsp3) is 0.308. The number of nitrogens with two attached hydrogens (primary N) is 1. The molecule has 0 saturated heterocycles. The molecule has 1 heterocycles. The number of rotatable bonds is 0. The van der Waals surface area contributed by atoms with Crippen LogP contribution in [0.1, 0.15) is 26.5 Å². The standard InChI is InChI=1S/C13H15FN2/c1-13(2,3)12-8-5-4-6-10(14)9(8)7-11(15)16-12/h4-7H,1-3H3,(H2,15,16). The van der Waals surface area contributed by atoms with Crippen molar-refractivity contribution < 1.29 is 4.39 Å². The van der Waals surface area contributed by atoms with Crippen molar-refractivity contribution in [2.45, 2.75) is 26.2 Å². The first-order valence-corrected chi connectivity index (χ1v) is 5.25. The topological polar surface area (TPSA) is 38.9 Å². The van der Waals surface area contributed by atoms with E-state index in [-0.39, 0.29) is 11.2 Å². The molecule has 1 aromatic heterocycles. The lowest BCUT2D eigenvalue weighted by molar-refractivity contribution is 0.575. The molecular weight excluding hydrogens is 203 g/mol. The molecule has 0 radical (unpaired) electrons. The first-order chi connectivity index (χ1) is 7.39. The lowest BCUT2D eigenvalue weighted by atomic mass is 9.88. The Kier molecular flexibility index (Phi) is 2.34. The van der Waals surface area contributed by atoms with Gasteiger partial charge in [-0.3, -0.25) is 0 Å². The van der Waals surface area contributed by atoms with Gasteiger partial charge in [-0.15, -0.1) is 0 Å². The molecule has 0 aliphatic rings. The maximum absolute atomic E-state index is 13.7. The summed E-state index contributed by atoms with van der Waals surface area (Å²) in [4.78, 5) is 4.32. The quantitative estimate of drug-likeness (QED) is 0.737. The third-order valence-electron chi connectivity index (χ3n) is 2.55. The number of aromatic nitrogens is 1. The molecule has 84 valence electrons. The second kappa shape index (κ2) is 3.44. The Morgan fingerprint density at radius 1 is 1.19 bits per heavy atom. The summed E-state index contributed by atoms with van der Waals surface area (Å²) in [5.74, 6) is 0.111. The fourth-order valence-corrected chi connectivity index (χ4v) is 1.83. The first-order valence-electron chi connectivity index (χ1n) is 5.25. The van der Waals surface area contributed by atoms with E-state index in [0.717, 1.165) is 11.1 Å². The van der Waals surface area contributed by atoms with Crippen LogP contribution in [-0.4, -0.2) is 4.98 Å². The summed E-state index contributed by atoms with van der Waals surface area (Å²) < 4.78 is 13.7. The van der Waals surface area contributed by atoms with Gasteiger partial charge in [0.1, 0.15) is 11.6 Å². The number of halogens is 1. The van der Waals surface area contributed by atoms with Gasteiger partial charge < -0.3 is 5.73 Å². The molecule has 0 saturated carbocycles. The van der Waals surface area contributed by atoms with Gasteiger partial charge in [-0.1, -0.05) is 32.9 Å². The van der Waals surface area contributed by atoms with Crippen LogP contribution in [0, 0.1) is 5.82 Å². The normalized spacial score (nSPS) is 12.0. The molecular formula is C13H15FN2. The van der Waals surface area contributed by atoms with E-state index in [1.165, 1.54) is 6.07 Å². The van der Waals surface area contributed by atoms with E-state index >= 15 is 0 Å². The van der Waals surface area contributed by atoms with E-state index in [1.807, 2.05) is 26.8 Å². The second-order valence-corrected chi connectivity index (χ2v) is 4.98. The number of benzene rings is 1. The van der Waals surface area contributed by atoms with Gasteiger partial charge in [-0.25, -0.2) is 9.37 Å². The average molecular weight is 218 g/mol. The summed E-state index contributed by atoms with van der Waals surface area (Å²) in [6.07, 6.45) is 0. The van der Waals surface area contributed by atoms with Gasteiger partial charge in [0.05, 0.1) is 5.69 Å². The zero-order chi connectivity index (χ0) is 11.9. The number of hydrogen-bond donors (Lipinski definition) is 1. The molecule has 2 aromatic rings. The van der Waals surface area contributed by atoms with Gasteiger partial charge in [0.15, 0.2) is 0 Å². The Labute approximate surface area is 94.3 Å². The van der Waals surface area contributed by atoms with Crippen LogP contribution in [0.25, 0.3) is 10.8 Å². The van der Waals surface area contributed by atoms with Crippen LogP contribution >= 0.6 is 0 Å². The molecule has 0 unspecified atom stereocenters. The predicted octanol–water partition coefficient (Wildman–Crippen LogP) is 3.25. The minimum Gasteiger partial charge on any atom is -0.384 e. The fourth-order valence-electron chi connectivity index (χ4n) is 1.83. The Morgan fingerprint density at radius 3 is 2.50 bits per heavy atom. The average Bonchev–Trinajstić information content (AvgIpc) is 2.17. The van der Waals surface area contributed by atoms with Crippen molar-refractivity contribution in [3.8, 4) is 0 Å². The third kappa shape index (κ3) is 1.73. The van der Waals surface area contributed by atoms with Gasteiger partial charge in [-0.2, -0.15) is 0 Å². The predicted molar refractivity (Wildman–Crippen MR) is 64.8 cm³/mol.